The van der Waals surface area contributed by atoms with Crippen molar-refractivity contribution in [3.8, 4) is 11.1 Å². The van der Waals surface area contributed by atoms with E-state index < -0.39 is 53.7 Å². The summed E-state index contributed by atoms with van der Waals surface area (Å²) in [4.78, 5) is 57.5. The van der Waals surface area contributed by atoms with Gasteiger partial charge in [-0.2, -0.15) is 0 Å². The molecule has 10 nitrogen and oxygen atoms in total. The van der Waals surface area contributed by atoms with Crippen LogP contribution in [0, 0.1) is 42.7 Å². The third-order valence-electron chi connectivity index (χ3n) is 10.8. The van der Waals surface area contributed by atoms with Gasteiger partial charge in [0.25, 0.3) is 5.91 Å². The zero-order chi connectivity index (χ0) is 37.9. The van der Waals surface area contributed by atoms with E-state index in [-0.39, 0.29) is 41.9 Å². The summed E-state index contributed by atoms with van der Waals surface area (Å²) in [5.74, 6) is -3.99. The van der Waals surface area contributed by atoms with Crippen molar-refractivity contribution in [3.05, 3.63) is 82.2 Å². The maximum atomic E-state index is 15.8. The van der Waals surface area contributed by atoms with E-state index in [2.05, 4.69) is 5.32 Å². The molecule has 0 bridgehead atoms. The van der Waals surface area contributed by atoms with Gasteiger partial charge >= 0.3 is 12.1 Å². The van der Waals surface area contributed by atoms with Gasteiger partial charge in [0.2, 0.25) is 5.91 Å². The predicted octanol–water partition coefficient (Wildman–Crippen LogP) is 6.71. The van der Waals surface area contributed by atoms with Crippen molar-refractivity contribution in [1.29, 1.82) is 0 Å². The minimum absolute atomic E-state index is 0.0516. The lowest BCUT2D eigenvalue weighted by molar-refractivity contribution is -0.144. The first-order chi connectivity index (χ1) is 24.4. The molecule has 6 rings (SSSR count). The van der Waals surface area contributed by atoms with Crippen molar-refractivity contribution in [2.24, 2.45) is 17.3 Å². The number of fused-ring (bicyclic) bond motifs is 2. The molecule has 3 aliphatic rings. The Kier molecular flexibility index (Phi) is 9.73. The van der Waals surface area contributed by atoms with E-state index >= 15 is 8.78 Å². The number of ether oxygens (including phenoxy) is 2. The Hall–Kier alpha value is -4.74. The highest BCUT2D eigenvalue weighted by atomic mass is 19.2. The largest absolute Gasteiger partial charge is 0.466 e. The Bertz CT molecular complexity index is 1910. The van der Waals surface area contributed by atoms with Gasteiger partial charge in [-0.1, -0.05) is 32.0 Å². The summed E-state index contributed by atoms with van der Waals surface area (Å²) in [6, 6.07) is 9.55. The number of rotatable bonds is 8. The zero-order valence-electron chi connectivity index (χ0n) is 31.1. The molecular weight excluding hydrogens is 670 g/mol. The summed E-state index contributed by atoms with van der Waals surface area (Å²) in [7, 11) is 0. The minimum atomic E-state index is -1.27. The number of benzene rings is 2. The average molecular weight is 719 g/mol. The first-order valence-corrected chi connectivity index (χ1v) is 17.9. The lowest BCUT2D eigenvalue weighted by atomic mass is 9.91. The molecule has 1 saturated heterocycles. The van der Waals surface area contributed by atoms with Crippen LogP contribution >= 0.6 is 0 Å². The molecule has 2 fully saturated rings. The maximum Gasteiger partial charge on any atom is 0.410 e. The fourth-order valence-electron chi connectivity index (χ4n) is 8.18. The molecule has 12 heteroatoms. The summed E-state index contributed by atoms with van der Waals surface area (Å²) in [5, 5.41) is 2.86. The van der Waals surface area contributed by atoms with Gasteiger partial charge in [-0.05, 0) is 105 Å². The quantitative estimate of drug-likeness (QED) is 0.260. The number of hydrogen-bond donors (Lipinski definition) is 1. The molecule has 4 atom stereocenters. The number of esters is 1. The van der Waals surface area contributed by atoms with E-state index in [4.69, 9.17) is 9.47 Å². The normalized spacial score (nSPS) is 20.8. The molecule has 1 aliphatic carbocycles. The summed E-state index contributed by atoms with van der Waals surface area (Å²) in [5.41, 5.74) is 2.95. The van der Waals surface area contributed by atoms with Gasteiger partial charge in [0.1, 0.15) is 17.3 Å². The average Bonchev–Trinajstić information content (AvgIpc) is 3.41. The lowest BCUT2D eigenvalue weighted by Gasteiger charge is -2.33. The Balaban J connectivity index is 1.30. The monoisotopic (exact) mass is 718 g/mol. The fraction of sp³-hybridized carbons (Fsp3) is 0.500. The first-order valence-electron chi connectivity index (χ1n) is 17.9. The Labute approximate surface area is 303 Å². The van der Waals surface area contributed by atoms with Crippen LogP contribution in [0.3, 0.4) is 0 Å². The molecule has 3 heterocycles. The van der Waals surface area contributed by atoms with Crippen molar-refractivity contribution >= 4 is 23.9 Å². The number of carbonyl (C=O) groups excluding carboxylic acids is 4. The number of hydrogen-bond acceptors (Lipinski definition) is 6. The van der Waals surface area contributed by atoms with Crippen LogP contribution in [0.15, 0.2) is 42.5 Å². The fourth-order valence-corrected chi connectivity index (χ4v) is 8.18. The molecule has 3 amide bonds. The smallest absolute Gasteiger partial charge is 0.410 e. The zero-order valence-corrected chi connectivity index (χ0v) is 31.1. The highest BCUT2D eigenvalue weighted by Crippen LogP contribution is 2.65. The third kappa shape index (κ3) is 6.91. The number of piperidine rings is 1. The molecular formula is C40H48F2N4O6. The Morgan fingerprint density at radius 2 is 1.71 bits per heavy atom. The summed E-state index contributed by atoms with van der Waals surface area (Å²) < 4.78 is 43.7. The van der Waals surface area contributed by atoms with Gasteiger partial charge in [0, 0.05) is 30.9 Å². The van der Waals surface area contributed by atoms with Gasteiger partial charge in [-0.15, -0.1) is 0 Å². The number of halogens is 2. The summed E-state index contributed by atoms with van der Waals surface area (Å²) in [6.07, 6.45) is -0.871. The molecule has 1 aromatic heterocycles. The molecule has 1 N–H and O–H groups in total. The van der Waals surface area contributed by atoms with E-state index in [1.54, 1.807) is 49.6 Å². The lowest BCUT2D eigenvalue weighted by Crippen LogP contribution is -2.51. The highest BCUT2D eigenvalue weighted by molar-refractivity contribution is 5.98. The SMILES string of the molecule is CCOC(=O)C[C@H](NC(=O)[C@@H]1[C@@H]2[C@H](CN1C(=O)c1ccc3n1CCN(C(=O)OC(C)(C)C)C3)C2(C)C)c1cc(-c2c(C)cccc2C)cc(F)c1F. The molecule has 0 radical (unpaired) electrons. The second-order valence-electron chi connectivity index (χ2n) is 15.8. The predicted molar refractivity (Wildman–Crippen MR) is 190 cm³/mol. The van der Waals surface area contributed by atoms with Gasteiger partial charge in [-0.25, -0.2) is 13.6 Å². The number of aryl methyl sites for hydroxylation is 2. The molecule has 2 aliphatic heterocycles. The van der Waals surface area contributed by atoms with Gasteiger partial charge in [-0.3, -0.25) is 14.4 Å². The van der Waals surface area contributed by atoms with E-state index in [0.717, 1.165) is 28.5 Å². The van der Waals surface area contributed by atoms with E-state index in [1.807, 2.05) is 50.5 Å². The third-order valence-corrected chi connectivity index (χ3v) is 10.8. The van der Waals surface area contributed by atoms with Gasteiger partial charge in [0.05, 0.1) is 25.6 Å². The van der Waals surface area contributed by atoms with Crippen LogP contribution < -0.4 is 5.32 Å². The maximum absolute atomic E-state index is 15.8. The first kappa shape index (κ1) is 37.0. The topological polar surface area (TPSA) is 110 Å². The van der Waals surface area contributed by atoms with Crippen LogP contribution in [-0.2, 0) is 32.2 Å². The number of nitrogens with zero attached hydrogens (tertiary/aromatic N) is 3. The van der Waals surface area contributed by atoms with Crippen molar-refractivity contribution < 1.29 is 37.4 Å². The molecule has 2 aromatic carbocycles. The van der Waals surface area contributed by atoms with Gasteiger partial charge in [0.15, 0.2) is 11.6 Å². The Morgan fingerprint density at radius 1 is 1.02 bits per heavy atom. The van der Waals surface area contributed by atoms with Crippen molar-refractivity contribution in [2.45, 2.75) is 92.6 Å². The van der Waals surface area contributed by atoms with Gasteiger partial charge < -0.3 is 29.2 Å². The van der Waals surface area contributed by atoms with Crippen molar-refractivity contribution in [3.63, 3.8) is 0 Å². The highest BCUT2D eigenvalue weighted by Gasteiger charge is 2.69. The standard InChI is InChI=1S/C40H48F2N4O6/c1-9-51-31(47)19-29(26-17-24(18-28(41)34(26)42)32-22(2)11-10-12-23(32)3)43-36(48)35-33-27(40(33,7)8)21-46(35)37(49)30-14-13-25-20-44(15-16-45(25)30)38(50)52-39(4,5)6/h10-14,17-18,27,29,33,35H,9,15-16,19-21H2,1-8H3,(H,43,48)/t27-,29-,33-,35-/m0/s1. The minimum Gasteiger partial charge on any atom is -0.466 e. The molecule has 1 saturated carbocycles. The van der Waals surface area contributed by atoms with E-state index in [1.165, 1.54) is 6.07 Å². The summed E-state index contributed by atoms with van der Waals surface area (Å²) in [6.45, 7) is 16.3. The number of nitrogens with one attached hydrogen (secondary N) is 1. The van der Waals surface area contributed by atoms with Crippen LogP contribution in [0.5, 0.6) is 0 Å². The van der Waals surface area contributed by atoms with Crippen LogP contribution in [0.1, 0.15) is 86.9 Å². The molecule has 3 aromatic rings. The number of amides is 3. The van der Waals surface area contributed by atoms with Crippen molar-refractivity contribution in [1.82, 2.24) is 19.7 Å². The summed E-state index contributed by atoms with van der Waals surface area (Å²) >= 11 is 0. The molecule has 0 spiro atoms. The van der Waals surface area contributed by atoms with E-state index in [0.29, 0.717) is 30.9 Å². The number of aromatic nitrogens is 1. The van der Waals surface area contributed by atoms with E-state index in [9.17, 15) is 19.2 Å². The van der Waals surface area contributed by atoms with Crippen LogP contribution in [0.2, 0.25) is 0 Å². The molecule has 0 unspecified atom stereocenters. The molecule has 278 valence electrons. The number of likely N-dealkylation sites (tertiary alicyclic amines) is 1. The van der Waals surface area contributed by atoms with Crippen molar-refractivity contribution in [2.75, 3.05) is 19.7 Å². The van der Waals surface area contributed by atoms with Crippen LogP contribution in [0.4, 0.5) is 13.6 Å². The number of carbonyl (C=O) groups is 4. The Morgan fingerprint density at radius 3 is 2.37 bits per heavy atom. The van der Waals surface area contributed by atoms with Crippen LogP contribution in [-0.4, -0.2) is 69.6 Å². The van der Waals surface area contributed by atoms with Crippen LogP contribution in [0.25, 0.3) is 11.1 Å². The second-order valence-corrected chi connectivity index (χ2v) is 15.8. The second kappa shape index (κ2) is 13.7. The molecule has 52 heavy (non-hydrogen) atoms.